The lowest BCUT2D eigenvalue weighted by Gasteiger charge is -2.28. The number of fused-ring (bicyclic) bond motifs is 1. The number of halogens is 3. The maximum Gasteiger partial charge on any atom is 0.422 e. The van der Waals surface area contributed by atoms with Crippen LogP contribution in [0.15, 0.2) is 30.6 Å². The molecule has 0 aliphatic carbocycles. The summed E-state index contributed by atoms with van der Waals surface area (Å²) in [5.41, 5.74) is -3.26. The quantitative estimate of drug-likeness (QED) is 0.899. The predicted molar refractivity (Wildman–Crippen MR) is 64.8 cm³/mol. The van der Waals surface area contributed by atoms with Gasteiger partial charge in [-0.3, -0.25) is 4.79 Å². The number of amides is 1. The molecule has 0 bridgehead atoms. The van der Waals surface area contributed by atoms with Gasteiger partial charge in [0.2, 0.25) is 5.54 Å². The molecule has 112 valence electrons. The minimum absolute atomic E-state index is 0.146. The van der Waals surface area contributed by atoms with E-state index >= 15 is 0 Å². The van der Waals surface area contributed by atoms with Crippen LogP contribution in [-0.2, 0) is 4.79 Å². The summed E-state index contributed by atoms with van der Waals surface area (Å²) >= 11 is 0. The molecule has 0 spiro atoms. The van der Waals surface area contributed by atoms with Crippen LogP contribution in [-0.4, -0.2) is 38.3 Å². The largest absolute Gasteiger partial charge is 0.479 e. The second-order valence-electron chi connectivity index (χ2n) is 4.47. The summed E-state index contributed by atoms with van der Waals surface area (Å²) in [5.74, 6) is -3.36. The van der Waals surface area contributed by atoms with E-state index in [-0.39, 0.29) is 11.1 Å². The molecule has 6 nitrogen and oxygen atoms in total. The molecule has 0 aliphatic rings. The standard InChI is InChI=1S/C12H10F3N3O3/c1-11(10(20)21,12(13,14)15)17-9(19)7-6-16-18-5-3-2-4-8(7)18/h2-6H,1H3,(H,17,19)(H,20,21). The third-order valence-corrected chi connectivity index (χ3v) is 3.03. The number of rotatable bonds is 3. The van der Waals surface area contributed by atoms with Crippen LogP contribution in [0.5, 0.6) is 0 Å². The molecule has 9 heteroatoms. The molecule has 0 fully saturated rings. The van der Waals surface area contributed by atoms with E-state index in [9.17, 15) is 22.8 Å². The molecule has 21 heavy (non-hydrogen) atoms. The molecule has 2 rings (SSSR count). The van der Waals surface area contributed by atoms with Crippen LogP contribution in [0.1, 0.15) is 17.3 Å². The highest BCUT2D eigenvalue weighted by molar-refractivity contribution is 6.03. The number of nitrogens with zero attached hydrogens (tertiary/aromatic N) is 2. The van der Waals surface area contributed by atoms with Gasteiger partial charge in [-0.25, -0.2) is 9.31 Å². The van der Waals surface area contributed by atoms with Crippen LogP contribution in [0.25, 0.3) is 5.52 Å². The molecule has 0 aromatic carbocycles. The second-order valence-corrected chi connectivity index (χ2v) is 4.47. The molecule has 0 saturated carbocycles. The van der Waals surface area contributed by atoms with E-state index in [4.69, 9.17) is 5.11 Å². The van der Waals surface area contributed by atoms with Crippen LogP contribution in [0.2, 0.25) is 0 Å². The fraction of sp³-hybridized carbons (Fsp3) is 0.250. The fourth-order valence-corrected chi connectivity index (χ4v) is 1.65. The number of carboxylic acid groups (broad SMARTS) is 1. The number of carbonyl (C=O) groups is 2. The summed E-state index contributed by atoms with van der Waals surface area (Å²) < 4.78 is 39.9. The van der Waals surface area contributed by atoms with Gasteiger partial charge in [0.1, 0.15) is 0 Å². The smallest absolute Gasteiger partial charge is 0.422 e. The third-order valence-electron chi connectivity index (χ3n) is 3.03. The Labute approximate surface area is 116 Å². The van der Waals surface area contributed by atoms with Crippen LogP contribution in [0.4, 0.5) is 13.2 Å². The maximum absolute atomic E-state index is 12.9. The number of aliphatic carboxylic acids is 1. The minimum Gasteiger partial charge on any atom is -0.479 e. The highest BCUT2D eigenvalue weighted by atomic mass is 19.4. The van der Waals surface area contributed by atoms with E-state index in [1.807, 2.05) is 0 Å². The zero-order valence-electron chi connectivity index (χ0n) is 10.7. The lowest BCUT2D eigenvalue weighted by Crippen LogP contribution is -2.61. The Morgan fingerprint density at radius 1 is 1.33 bits per heavy atom. The Kier molecular flexibility index (Phi) is 3.36. The number of alkyl halides is 3. The van der Waals surface area contributed by atoms with Gasteiger partial charge in [-0.1, -0.05) is 6.07 Å². The number of pyridine rings is 1. The topological polar surface area (TPSA) is 83.7 Å². The lowest BCUT2D eigenvalue weighted by molar-refractivity contribution is -0.203. The van der Waals surface area contributed by atoms with Crippen molar-refractivity contribution in [2.24, 2.45) is 0 Å². The molecule has 0 radical (unpaired) electrons. The Morgan fingerprint density at radius 3 is 2.57 bits per heavy atom. The van der Waals surface area contributed by atoms with Crippen molar-refractivity contribution in [3.8, 4) is 0 Å². The number of carbonyl (C=O) groups excluding carboxylic acids is 1. The van der Waals surface area contributed by atoms with Gasteiger partial charge in [-0.05, 0) is 19.1 Å². The Balaban J connectivity index is 2.39. The number of nitrogens with one attached hydrogen (secondary N) is 1. The van der Waals surface area contributed by atoms with Gasteiger partial charge >= 0.3 is 12.1 Å². The van der Waals surface area contributed by atoms with E-state index in [0.29, 0.717) is 6.92 Å². The van der Waals surface area contributed by atoms with Crippen LogP contribution in [0, 0.1) is 0 Å². The Morgan fingerprint density at radius 2 is 2.00 bits per heavy atom. The summed E-state index contributed by atoms with van der Waals surface area (Å²) in [5, 5.41) is 14.1. The van der Waals surface area contributed by atoms with E-state index in [1.54, 1.807) is 12.1 Å². The average Bonchev–Trinajstić information content (AvgIpc) is 2.80. The Bertz CT molecular complexity index is 710. The van der Waals surface area contributed by atoms with Crippen molar-refractivity contribution in [2.75, 3.05) is 0 Å². The normalized spacial score (nSPS) is 14.7. The first-order valence-corrected chi connectivity index (χ1v) is 5.72. The first-order chi connectivity index (χ1) is 9.67. The van der Waals surface area contributed by atoms with Gasteiger partial charge in [0.15, 0.2) is 0 Å². The monoisotopic (exact) mass is 301 g/mol. The Hall–Kier alpha value is -2.58. The molecular formula is C12H10F3N3O3. The molecule has 2 heterocycles. The van der Waals surface area contributed by atoms with Gasteiger partial charge in [0.25, 0.3) is 5.91 Å². The zero-order valence-corrected chi connectivity index (χ0v) is 10.7. The van der Waals surface area contributed by atoms with Gasteiger partial charge in [0.05, 0.1) is 17.3 Å². The first-order valence-electron chi connectivity index (χ1n) is 5.72. The molecule has 2 aromatic heterocycles. The van der Waals surface area contributed by atoms with E-state index in [2.05, 4.69) is 5.10 Å². The highest BCUT2D eigenvalue weighted by Gasteiger charge is 2.58. The molecular weight excluding hydrogens is 291 g/mol. The molecule has 0 saturated heterocycles. The number of carboxylic acids is 1. The van der Waals surface area contributed by atoms with Gasteiger partial charge < -0.3 is 10.4 Å². The lowest BCUT2D eigenvalue weighted by atomic mass is 10.0. The molecule has 1 unspecified atom stereocenters. The number of hydrogen-bond acceptors (Lipinski definition) is 3. The third kappa shape index (κ3) is 2.41. The van der Waals surface area contributed by atoms with Crippen molar-refractivity contribution in [2.45, 2.75) is 18.6 Å². The summed E-state index contributed by atoms with van der Waals surface area (Å²) in [4.78, 5) is 22.8. The van der Waals surface area contributed by atoms with Crippen LogP contribution < -0.4 is 5.32 Å². The molecule has 2 N–H and O–H groups in total. The highest BCUT2D eigenvalue weighted by Crippen LogP contribution is 2.30. The SMILES string of the molecule is CC(NC(=O)c1cnn2ccccc12)(C(=O)O)C(F)(F)F. The van der Waals surface area contributed by atoms with Crippen LogP contribution >= 0.6 is 0 Å². The summed E-state index contributed by atoms with van der Waals surface area (Å²) in [7, 11) is 0. The van der Waals surface area contributed by atoms with Crippen molar-refractivity contribution in [1.82, 2.24) is 14.9 Å². The fourth-order valence-electron chi connectivity index (χ4n) is 1.65. The zero-order chi connectivity index (χ0) is 15.8. The van der Waals surface area contributed by atoms with Gasteiger partial charge in [-0.2, -0.15) is 18.3 Å². The van der Waals surface area contributed by atoms with E-state index in [0.717, 1.165) is 6.20 Å². The average molecular weight is 301 g/mol. The minimum atomic E-state index is -5.14. The van der Waals surface area contributed by atoms with Crippen molar-refractivity contribution in [1.29, 1.82) is 0 Å². The van der Waals surface area contributed by atoms with Crippen molar-refractivity contribution in [3.63, 3.8) is 0 Å². The summed E-state index contributed by atoms with van der Waals surface area (Å²) in [6.07, 6.45) is -2.56. The van der Waals surface area contributed by atoms with E-state index < -0.39 is 23.6 Å². The van der Waals surface area contributed by atoms with Crippen molar-refractivity contribution < 1.29 is 27.9 Å². The predicted octanol–water partition coefficient (Wildman–Crippen LogP) is 1.47. The molecule has 1 amide bonds. The second kappa shape index (κ2) is 4.76. The van der Waals surface area contributed by atoms with Gasteiger partial charge in [-0.15, -0.1) is 0 Å². The number of hydrogen-bond donors (Lipinski definition) is 2. The maximum atomic E-state index is 12.9. The summed E-state index contributed by atoms with van der Waals surface area (Å²) in [6.45, 7) is 0.388. The van der Waals surface area contributed by atoms with Gasteiger partial charge in [0, 0.05) is 6.20 Å². The molecule has 0 aliphatic heterocycles. The summed E-state index contributed by atoms with van der Waals surface area (Å²) in [6, 6.07) is 4.68. The molecule has 1 atom stereocenters. The van der Waals surface area contributed by atoms with E-state index in [1.165, 1.54) is 22.1 Å². The molecule has 2 aromatic rings. The van der Waals surface area contributed by atoms with Crippen molar-refractivity contribution in [3.05, 3.63) is 36.2 Å². The van der Waals surface area contributed by atoms with Crippen LogP contribution in [0.3, 0.4) is 0 Å². The number of aromatic nitrogens is 2. The first kappa shape index (κ1) is 14.8. The van der Waals surface area contributed by atoms with Crippen molar-refractivity contribution >= 4 is 17.4 Å².